The number of hydrogen-bond donors (Lipinski definition) is 1. The van der Waals surface area contributed by atoms with Crippen molar-refractivity contribution in [3.8, 4) is 11.1 Å². The first-order valence-electron chi connectivity index (χ1n) is 7.59. The van der Waals surface area contributed by atoms with Crippen LogP contribution >= 0.6 is 0 Å². The van der Waals surface area contributed by atoms with Crippen LogP contribution in [-0.4, -0.2) is 19.8 Å². The Balaban J connectivity index is 2.01. The minimum Gasteiger partial charge on any atom is -0.384 e. The molecule has 1 N–H and O–H groups in total. The third-order valence-corrected chi connectivity index (χ3v) is 3.55. The predicted octanol–water partition coefficient (Wildman–Crippen LogP) is 4.04. The van der Waals surface area contributed by atoms with Gasteiger partial charge >= 0.3 is 0 Å². The summed E-state index contributed by atoms with van der Waals surface area (Å²) in [5.74, 6) is 0. The van der Waals surface area contributed by atoms with E-state index in [1.807, 2.05) is 0 Å². The molecule has 0 aliphatic carbocycles. The first kappa shape index (κ1) is 15.7. The highest BCUT2D eigenvalue weighted by Crippen LogP contribution is 2.20. The molecular weight excluding hydrogens is 258 g/mol. The van der Waals surface area contributed by atoms with Crippen LogP contribution in [0.25, 0.3) is 11.1 Å². The molecule has 0 saturated heterocycles. The van der Waals surface area contributed by atoms with Gasteiger partial charge < -0.3 is 10.1 Å². The number of benzene rings is 2. The van der Waals surface area contributed by atoms with E-state index in [9.17, 15) is 0 Å². The predicted molar refractivity (Wildman–Crippen MR) is 89.4 cm³/mol. The van der Waals surface area contributed by atoms with Crippen LogP contribution in [-0.2, 0) is 17.7 Å². The average molecular weight is 283 g/mol. The highest BCUT2D eigenvalue weighted by molar-refractivity contribution is 5.63. The van der Waals surface area contributed by atoms with Crippen molar-refractivity contribution in [2.24, 2.45) is 0 Å². The average Bonchev–Trinajstić information content (AvgIpc) is 2.52. The molecule has 112 valence electrons. The molecule has 0 heterocycles. The van der Waals surface area contributed by atoms with Crippen LogP contribution < -0.4 is 5.32 Å². The number of ether oxygens (including phenoxy) is 1. The lowest BCUT2D eigenvalue weighted by Gasteiger charge is -2.09. The van der Waals surface area contributed by atoms with Crippen LogP contribution in [0, 0.1) is 0 Å². The van der Waals surface area contributed by atoms with E-state index in [1.54, 1.807) is 7.11 Å². The summed E-state index contributed by atoms with van der Waals surface area (Å²) in [7, 11) is 1.74. The molecule has 2 nitrogen and oxygen atoms in total. The molecule has 0 aliphatic rings. The van der Waals surface area contributed by atoms with E-state index in [-0.39, 0.29) is 0 Å². The van der Waals surface area contributed by atoms with Gasteiger partial charge in [-0.25, -0.2) is 0 Å². The number of methoxy groups -OCH3 is 1. The SMILES string of the molecule is COCCc1ccc(-c2ccc(CNC(C)C)cc2)cc1. The van der Waals surface area contributed by atoms with E-state index in [1.165, 1.54) is 22.3 Å². The minimum absolute atomic E-state index is 0.518. The Kier molecular flexibility index (Phi) is 5.97. The number of nitrogens with one attached hydrogen (secondary N) is 1. The molecule has 0 fully saturated rings. The molecule has 0 aromatic heterocycles. The van der Waals surface area contributed by atoms with Gasteiger partial charge in [-0.2, -0.15) is 0 Å². The van der Waals surface area contributed by atoms with Crippen LogP contribution in [0.3, 0.4) is 0 Å². The molecule has 0 saturated carbocycles. The third kappa shape index (κ3) is 5.00. The summed E-state index contributed by atoms with van der Waals surface area (Å²) in [6.07, 6.45) is 0.969. The molecule has 2 aromatic rings. The lowest BCUT2D eigenvalue weighted by Crippen LogP contribution is -2.21. The lowest BCUT2D eigenvalue weighted by atomic mass is 10.0. The van der Waals surface area contributed by atoms with E-state index in [4.69, 9.17) is 4.74 Å². The van der Waals surface area contributed by atoms with Gasteiger partial charge in [-0.3, -0.25) is 0 Å². The summed E-state index contributed by atoms with van der Waals surface area (Å²) in [6.45, 7) is 6.03. The van der Waals surface area contributed by atoms with Gasteiger partial charge in [0, 0.05) is 19.7 Å². The maximum Gasteiger partial charge on any atom is 0.0502 e. The largest absolute Gasteiger partial charge is 0.384 e. The van der Waals surface area contributed by atoms with Crippen LogP contribution in [0.5, 0.6) is 0 Å². The molecular formula is C19H25NO. The molecule has 2 heteroatoms. The van der Waals surface area contributed by atoms with Crippen molar-refractivity contribution in [1.29, 1.82) is 0 Å². The zero-order valence-corrected chi connectivity index (χ0v) is 13.2. The highest BCUT2D eigenvalue weighted by atomic mass is 16.5. The molecule has 2 rings (SSSR count). The van der Waals surface area contributed by atoms with E-state index in [0.29, 0.717) is 6.04 Å². The van der Waals surface area contributed by atoms with Crippen LogP contribution in [0.1, 0.15) is 25.0 Å². The lowest BCUT2D eigenvalue weighted by molar-refractivity contribution is 0.202. The molecule has 0 radical (unpaired) electrons. The fourth-order valence-corrected chi connectivity index (χ4v) is 2.22. The third-order valence-electron chi connectivity index (χ3n) is 3.55. The summed E-state index contributed by atoms with van der Waals surface area (Å²) in [5.41, 5.74) is 5.17. The Morgan fingerprint density at radius 3 is 1.86 bits per heavy atom. The maximum absolute atomic E-state index is 5.11. The summed E-state index contributed by atoms with van der Waals surface area (Å²) in [6, 6.07) is 18.0. The minimum atomic E-state index is 0.518. The van der Waals surface area contributed by atoms with Gasteiger partial charge in [0.25, 0.3) is 0 Å². The topological polar surface area (TPSA) is 21.3 Å². The Hall–Kier alpha value is -1.64. The first-order chi connectivity index (χ1) is 10.2. The van der Waals surface area contributed by atoms with Crippen LogP contribution in [0.2, 0.25) is 0 Å². The molecule has 0 bridgehead atoms. The molecule has 0 amide bonds. The molecule has 0 aliphatic heterocycles. The van der Waals surface area contributed by atoms with E-state index in [2.05, 4.69) is 67.7 Å². The molecule has 21 heavy (non-hydrogen) atoms. The fourth-order valence-electron chi connectivity index (χ4n) is 2.22. The summed E-state index contributed by atoms with van der Waals surface area (Å²) in [5, 5.41) is 3.44. The van der Waals surface area contributed by atoms with Crippen molar-refractivity contribution < 1.29 is 4.74 Å². The molecule has 0 spiro atoms. The van der Waals surface area contributed by atoms with Crippen molar-refractivity contribution in [1.82, 2.24) is 5.32 Å². The summed E-state index contributed by atoms with van der Waals surface area (Å²) < 4.78 is 5.11. The normalized spacial score (nSPS) is 11.0. The molecule has 0 atom stereocenters. The van der Waals surface area contributed by atoms with E-state index < -0.39 is 0 Å². The highest BCUT2D eigenvalue weighted by Gasteiger charge is 2.00. The van der Waals surface area contributed by atoms with Gasteiger partial charge in [-0.15, -0.1) is 0 Å². The van der Waals surface area contributed by atoms with Crippen molar-refractivity contribution in [2.75, 3.05) is 13.7 Å². The Morgan fingerprint density at radius 1 is 0.857 bits per heavy atom. The number of rotatable bonds is 7. The fraction of sp³-hybridized carbons (Fsp3) is 0.368. The second-order valence-electron chi connectivity index (χ2n) is 5.67. The standard InChI is InChI=1S/C19H25NO/c1-15(2)20-14-17-6-10-19(11-7-17)18-8-4-16(5-9-18)12-13-21-3/h4-11,15,20H,12-14H2,1-3H3. The van der Waals surface area contributed by atoms with E-state index in [0.717, 1.165) is 19.6 Å². The van der Waals surface area contributed by atoms with Gasteiger partial charge in [0.15, 0.2) is 0 Å². The first-order valence-corrected chi connectivity index (χ1v) is 7.59. The van der Waals surface area contributed by atoms with Crippen LogP contribution in [0.4, 0.5) is 0 Å². The van der Waals surface area contributed by atoms with Crippen LogP contribution in [0.15, 0.2) is 48.5 Å². The van der Waals surface area contributed by atoms with Gasteiger partial charge in [0.05, 0.1) is 6.61 Å². The smallest absolute Gasteiger partial charge is 0.0502 e. The van der Waals surface area contributed by atoms with Crippen molar-refractivity contribution in [3.05, 3.63) is 59.7 Å². The second-order valence-corrected chi connectivity index (χ2v) is 5.67. The quantitative estimate of drug-likeness (QED) is 0.828. The van der Waals surface area contributed by atoms with Gasteiger partial charge in [-0.05, 0) is 28.7 Å². The summed E-state index contributed by atoms with van der Waals surface area (Å²) >= 11 is 0. The zero-order valence-electron chi connectivity index (χ0n) is 13.2. The summed E-state index contributed by atoms with van der Waals surface area (Å²) in [4.78, 5) is 0. The van der Waals surface area contributed by atoms with Crippen molar-refractivity contribution in [3.63, 3.8) is 0 Å². The van der Waals surface area contributed by atoms with E-state index >= 15 is 0 Å². The Morgan fingerprint density at radius 2 is 1.38 bits per heavy atom. The molecule has 2 aromatic carbocycles. The van der Waals surface area contributed by atoms with Gasteiger partial charge in [0.1, 0.15) is 0 Å². The maximum atomic E-state index is 5.11. The van der Waals surface area contributed by atoms with Gasteiger partial charge in [0.2, 0.25) is 0 Å². The monoisotopic (exact) mass is 283 g/mol. The Bertz CT molecular complexity index is 528. The Labute approximate surface area is 128 Å². The van der Waals surface area contributed by atoms with Gasteiger partial charge in [-0.1, -0.05) is 62.4 Å². The van der Waals surface area contributed by atoms with Crippen molar-refractivity contribution in [2.45, 2.75) is 32.9 Å². The zero-order chi connectivity index (χ0) is 15.1. The molecule has 0 unspecified atom stereocenters. The second kappa shape index (κ2) is 7.96. The van der Waals surface area contributed by atoms with Crippen molar-refractivity contribution >= 4 is 0 Å². The number of hydrogen-bond acceptors (Lipinski definition) is 2.